The predicted molar refractivity (Wildman–Crippen MR) is 131 cm³/mol. The Morgan fingerprint density at radius 2 is 1.76 bits per heavy atom. The third-order valence-electron chi connectivity index (χ3n) is 5.94. The Balaban J connectivity index is 1.86. The molecule has 33 heavy (non-hydrogen) atoms. The second-order valence-electron chi connectivity index (χ2n) is 8.56. The molecule has 3 aromatic rings. The molecule has 7 heteroatoms. The van der Waals surface area contributed by atoms with Crippen molar-refractivity contribution in [2.45, 2.75) is 44.6 Å². The van der Waals surface area contributed by atoms with Crippen LogP contribution in [0.25, 0.3) is 21.9 Å². The normalized spacial score (nSPS) is 14.4. The number of carbonyl (C=O) groups is 1. The Morgan fingerprint density at radius 1 is 1.03 bits per heavy atom. The number of hydrogen-bond donors (Lipinski definition) is 1. The average molecular weight is 468 g/mol. The van der Waals surface area contributed by atoms with E-state index in [2.05, 4.69) is 22.9 Å². The first-order valence-electron chi connectivity index (χ1n) is 11.2. The lowest BCUT2D eigenvalue weighted by Crippen LogP contribution is -2.16. The fourth-order valence-corrected chi connectivity index (χ4v) is 4.88. The van der Waals surface area contributed by atoms with E-state index in [0.29, 0.717) is 17.9 Å². The van der Waals surface area contributed by atoms with Crippen LogP contribution in [-0.4, -0.2) is 33.9 Å². The number of rotatable bonds is 8. The zero-order chi connectivity index (χ0) is 23.4. The van der Waals surface area contributed by atoms with E-state index in [-0.39, 0.29) is 18.5 Å². The van der Waals surface area contributed by atoms with Crippen LogP contribution in [0.15, 0.2) is 54.6 Å². The molecule has 1 saturated carbocycles. The van der Waals surface area contributed by atoms with E-state index < -0.39 is 10.0 Å². The van der Waals surface area contributed by atoms with Crippen molar-refractivity contribution < 1.29 is 22.7 Å². The van der Waals surface area contributed by atoms with Gasteiger partial charge >= 0.3 is 5.97 Å². The number of carbonyl (C=O) groups excluding carboxylic acids is 1. The summed E-state index contributed by atoms with van der Waals surface area (Å²) in [4.78, 5) is 11.7. The van der Waals surface area contributed by atoms with E-state index in [1.807, 2.05) is 30.3 Å². The van der Waals surface area contributed by atoms with Gasteiger partial charge in [0, 0.05) is 12.0 Å². The summed E-state index contributed by atoms with van der Waals surface area (Å²) in [6.45, 7) is 0. The van der Waals surface area contributed by atoms with Gasteiger partial charge in [0.05, 0.1) is 25.2 Å². The number of methoxy groups -OCH3 is 1. The van der Waals surface area contributed by atoms with Gasteiger partial charge in [-0.15, -0.1) is 0 Å². The van der Waals surface area contributed by atoms with Crippen molar-refractivity contribution in [1.82, 2.24) is 0 Å². The Hall–Kier alpha value is -3.06. The molecule has 1 N–H and O–H groups in total. The molecule has 0 aromatic heterocycles. The molecule has 0 spiro atoms. The molecule has 0 atom stereocenters. The molecule has 4 rings (SSSR count). The average Bonchev–Trinajstić information content (AvgIpc) is 3.30. The number of esters is 1. The molecule has 0 radical (unpaired) electrons. The van der Waals surface area contributed by atoms with Crippen LogP contribution < -0.4 is 9.46 Å². The maximum absolute atomic E-state index is 12.2. The molecule has 0 bridgehead atoms. The fraction of sp³-hybridized carbons (Fsp3) is 0.346. The summed E-state index contributed by atoms with van der Waals surface area (Å²) in [5.74, 6) is 0.218. The number of fused-ring (bicyclic) bond motifs is 1. The van der Waals surface area contributed by atoms with Crippen LogP contribution in [0.4, 0.5) is 5.69 Å². The summed E-state index contributed by atoms with van der Waals surface area (Å²) in [7, 11) is -2.18. The molecule has 0 amide bonds. The van der Waals surface area contributed by atoms with Gasteiger partial charge in [0.15, 0.2) is 5.75 Å². The van der Waals surface area contributed by atoms with Gasteiger partial charge < -0.3 is 9.47 Å². The van der Waals surface area contributed by atoms with Crippen molar-refractivity contribution in [3.63, 3.8) is 0 Å². The molecule has 0 saturated heterocycles. The molecule has 3 aromatic carbocycles. The molecule has 0 aliphatic heterocycles. The Morgan fingerprint density at radius 3 is 2.45 bits per heavy atom. The van der Waals surface area contributed by atoms with Crippen LogP contribution in [0.3, 0.4) is 0 Å². The second-order valence-corrected chi connectivity index (χ2v) is 10.3. The van der Waals surface area contributed by atoms with Gasteiger partial charge in [-0.2, -0.15) is 0 Å². The van der Waals surface area contributed by atoms with Crippen molar-refractivity contribution >= 4 is 32.5 Å². The fourth-order valence-electron chi connectivity index (χ4n) is 4.33. The third-order valence-corrected chi connectivity index (χ3v) is 6.53. The lowest BCUT2D eigenvalue weighted by Gasteiger charge is -2.22. The first-order valence-corrected chi connectivity index (χ1v) is 13.1. The van der Waals surface area contributed by atoms with Crippen LogP contribution in [0.1, 0.15) is 37.7 Å². The molecular formula is C26H29NO5S. The topological polar surface area (TPSA) is 81.7 Å². The smallest absolute Gasteiger partial charge is 0.305 e. The molecule has 0 unspecified atom stereocenters. The first-order chi connectivity index (χ1) is 15.8. The molecule has 1 fully saturated rings. The van der Waals surface area contributed by atoms with Gasteiger partial charge in [-0.3, -0.25) is 9.52 Å². The Labute approximate surface area is 195 Å². The van der Waals surface area contributed by atoms with Gasteiger partial charge in [-0.1, -0.05) is 36.4 Å². The highest BCUT2D eigenvalue weighted by Gasteiger charge is 2.23. The summed E-state index contributed by atoms with van der Waals surface area (Å²) in [6.07, 6.45) is 5.89. The summed E-state index contributed by atoms with van der Waals surface area (Å²) in [5.41, 5.74) is 2.96. The Kier molecular flexibility index (Phi) is 6.88. The molecule has 6 nitrogen and oxygen atoms in total. The minimum atomic E-state index is -3.54. The molecule has 0 heterocycles. The van der Waals surface area contributed by atoms with Gasteiger partial charge in [0.25, 0.3) is 0 Å². The van der Waals surface area contributed by atoms with Crippen molar-refractivity contribution in [3.05, 3.63) is 60.2 Å². The highest BCUT2D eigenvalue weighted by molar-refractivity contribution is 7.92. The van der Waals surface area contributed by atoms with Crippen molar-refractivity contribution in [2.75, 3.05) is 18.1 Å². The monoisotopic (exact) mass is 467 g/mol. The van der Waals surface area contributed by atoms with Crippen LogP contribution >= 0.6 is 0 Å². The number of aryl methyl sites for hydroxylation is 1. The van der Waals surface area contributed by atoms with E-state index in [1.165, 1.54) is 7.11 Å². The van der Waals surface area contributed by atoms with Gasteiger partial charge in [-0.05, 0) is 72.2 Å². The van der Waals surface area contributed by atoms with E-state index in [4.69, 9.17) is 9.47 Å². The Bertz CT molecular complexity index is 1260. The lowest BCUT2D eigenvalue weighted by molar-refractivity contribution is -0.140. The van der Waals surface area contributed by atoms with E-state index >= 15 is 0 Å². The molecule has 1 aliphatic rings. The molecule has 1 aliphatic carbocycles. The maximum Gasteiger partial charge on any atom is 0.305 e. The molecule has 174 valence electrons. The number of nitrogens with one attached hydrogen (secondary N) is 1. The lowest BCUT2D eigenvalue weighted by atomic mass is 9.96. The van der Waals surface area contributed by atoms with E-state index in [9.17, 15) is 13.2 Å². The quantitative estimate of drug-likeness (QED) is 0.454. The van der Waals surface area contributed by atoms with Gasteiger partial charge in [0.1, 0.15) is 0 Å². The zero-order valence-corrected chi connectivity index (χ0v) is 19.8. The highest BCUT2D eigenvalue weighted by Crippen LogP contribution is 2.41. The van der Waals surface area contributed by atoms with Gasteiger partial charge in [0.2, 0.25) is 10.0 Å². The van der Waals surface area contributed by atoms with Crippen LogP contribution in [-0.2, 0) is 26.0 Å². The van der Waals surface area contributed by atoms with Crippen LogP contribution in [0, 0.1) is 0 Å². The first kappa shape index (κ1) is 23.1. The standard InChI is InChI=1S/C26H29NO5S/c1-31-25(28)14-11-18-15-23(21-13-12-19-7-3-4-8-20(19)17-21)26(32-22-9-5-6-10-22)24(16-18)27-33(2,29)30/h3-4,7-8,12-13,15-17,22,27H,5-6,9-11,14H2,1-2H3. The summed E-state index contributed by atoms with van der Waals surface area (Å²) in [5, 5.41) is 2.20. The van der Waals surface area contributed by atoms with Crippen LogP contribution in [0.5, 0.6) is 5.75 Å². The van der Waals surface area contributed by atoms with Crippen LogP contribution in [0.2, 0.25) is 0 Å². The van der Waals surface area contributed by atoms with Gasteiger partial charge in [-0.25, -0.2) is 8.42 Å². The van der Waals surface area contributed by atoms with Crippen molar-refractivity contribution in [1.29, 1.82) is 0 Å². The summed E-state index contributed by atoms with van der Waals surface area (Å²) < 4.78 is 38.3. The second kappa shape index (κ2) is 9.83. The number of anilines is 1. The third kappa shape index (κ3) is 5.85. The summed E-state index contributed by atoms with van der Waals surface area (Å²) in [6, 6.07) is 18.0. The maximum atomic E-state index is 12.2. The SMILES string of the molecule is COC(=O)CCc1cc(NS(C)(=O)=O)c(OC2CCCC2)c(-c2ccc3ccccc3c2)c1. The zero-order valence-electron chi connectivity index (χ0n) is 19.0. The predicted octanol–water partition coefficient (Wildman–Crippen LogP) is 5.31. The van der Waals surface area contributed by atoms with Crippen molar-refractivity contribution in [3.8, 4) is 16.9 Å². The largest absolute Gasteiger partial charge is 0.488 e. The van der Waals surface area contributed by atoms with Crippen molar-refractivity contribution in [2.24, 2.45) is 0 Å². The number of sulfonamides is 1. The van der Waals surface area contributed by atoms with E-state index in [1.54, 1.807) is 6.07 Å². The number of ether oxygens (including phenoxy) is 2. The number of hydrogen-bond acceptors (Lipinski definition) is 5. The van der Waals surface area contributed by atoms with E-state index in [0.717, 1.165) is 59.4 Å². The highest BCUT2D eigenvalue weighted by atomic mass is 32.2. The summed E-state index contributed by atoms with van der Waals surface area (Å²) >= 11 is 0. The number of benzene rings is 3. The minimum absolute atomic E-state index is 0.0465. The minimum Gasteiger partial charge on any atom is -0.488 e. The molecular weight excluding hydrogens is 438 g/mol.